The summed E-state index contributed by atoms with van der Waals surface area (Å²) in [6.07, 6.45) is 10.0. The predicted octanol–water partition coefficient (Wildman–Crippen LogP) is 2.39. The Kier molecular flexibility index (Phi) is 4.63. The van der Waals surface area contributed by atoms with Crippen LogP contribution in [0.2, 0.25) is 0 Å². The van der Waals surface area contributed by atoms with Gasteiger partial charge in [0.25, 0.3) is 0 Å². The van der Waals surface area contributed by atoms with Crippen molar-refractivity contribution in [2.45, 2.75) is 51.6 Å². The molecule has 1 aromatic heterocycles. The van der Waals surface area contributed by atoms with E-state index in [4.69, 9.17) is 5.73 Å². The maximum absolute atomic E-state index is 10.7. The van der Waals surface area contributed by atoms with Crippen LogP contribution in [0, 0.1) is 11.3 Å². The van der Waals surface area contributed by atoms with Crippen LogP contribution < -0.4 is 5.73 Å². The van der Waals surface area contributed by atoms with Gasteiger partial charge in [-0.25, -0.2) is 4.98 Å². The van der Waals surface area contributed by atoms with Crippen LogP contribution in [0.15, 0.2) is 12.5 Å². The van der Waals surface area contributed by atoms with Crippen molar-refractivity contribution in [2.24, 2.45) is 24.1 Å². The van der Waals surface area contributed by atoms with Gasteiger partial charge in [-0.2, -0.15) is 0 Å². The van der Waals surface area contributed by atoms with Gasteiger partial charge in [-0.1, -0.05) is 19.8 Å². The van der Waals surface area contributed by atoms with E-state index in [0.29, 0.717) is 6.54 Å². The molecule has 0 saturated heterocycles. The molecule has 0 bridgehead atoms. The molecule has 0 aliphatic heterocycles. The van der Waals surface area contributed by atoms with Crippen molar-refractivity contribution in [3.8, 4) is 0 Å². The molecule has 0 spiro atoms. The second-order valence-electron chi connectivity index (χ2n) is 6.13. The second kappa shape index (κ2) is 6.06. The fourth-order valence-electron chi connectivity index (χ4n) is 3.48. The van der Waals surface area contributed by atoms with Gasteiger partial charge in [0.05, 0.1) is 18.2 Å². The number of rotatable bonds is 5. The highest BCUT2D eigenvalue weighted by Crippen LogP contribution is 2.47. The van der Waals surface area contributed by atoms with Crippen LogP contribution in [-0.2, 0) is 7.05 Å². The summed E-state index contributed by atoms with van der Waals surface area (Å²) in [6.45, 7) is 2.80. The molecular weight excluding hydrogens is 238 g/mol. The Morgan fingerprint density at radius 1 is 1.53 bits per heavy atom. The Morgan fingerprint density at radius 2 is 2.21 bits per heavy atom. The van der Waals surface area contributed by atoms with Crippen molar-refractivity contribution in [2.75, 3.05) is 6.54 Å². The van der Waals surface area contributed by atoms with E-state index in [2.05, 4.69) is 11.9 Å². The molecule has 1 atom stereocenters. The van der Waals surface area contributed by atoms with E-state index in [1.165, 1.54) is 25.7 Å². The zero-order valence-electron chi connectivity index (χ0n) is 12.2. The normalized spacial score (nSPS) is 29.4. The molecule has 1 aliphatic rings. The molecule has 108 valence electrons. The molecule has 1 saturated carbocycles. The van der Waals surface area contributed by atoms with Crippen LogP contribution in [0.3, 0.4) is 0 Å². The minimum atomic E-state index is -0.493. The van der Waals surface area contributed by atoms with Gasteiger partial charge in [0.2, 0.25) is 0 Å². The highest BCUT2D eigenvalue weighted by Gasteiger charge is 2.41. The molecule has 1 aliphatic carbocycles. The number of nitrogens with zero attached hydrogens (tertiary/aromatic N) is 2. The zero-order valence-corrected chi connectivity index (χ0v) is 12.2. The van der Waals surface area contributed by atoms with Crippen LogP contribution in [0.4, 0.5) is 0 Å². The highest BCUT2D eigenvalue weighted by molar-refractivity contribution is 5.09. The van der Waals surface area contributed by atoms with Gasteiger partial charge >= 0.3 is 0 Å². The molecule has 4 heteroatoms. The summed E-state index contributed by atoms with van der Waals surface area (Å²) in [5, 5.41) is 10.7. The Hall–Kier alpha value is -0.870. The second-order valence-corrected chi connectivity index (χ2v) is 6.13. The van der Waals surface area contributed by atoms with E-state index in [1.807, 2.05) is 11.6 Å². The van der Waals surface area contributed by atoms with Crippen molar-refractivity contribution in [1.82, 2.24) is 9.55 Å². The van der Waals surface area contributed by atoms with Crippen LogP contribution >= 0.6 is 0 Å². The van der Waals surface area contributed by atoms with E-state index in [0.717, 1.165) is 24.5 Å². The van der Waals surface area contributed by atoms with Crippen molar-refractivity contribution < 1.29 is 5.11 Å². The maximum atomic E-state index is 10.7. The molecular formula is C15H27N3O. The quantitative estimate of drug-likeness (QED) is 0.859. The minimum absolute atomic E-state index is 0.155. The standard InChI is InChI=1S/C15H27N3O/c1-3-4-12-5-7-15(10-16,8-6-12)14(19)13-9-17-11-18(13)2/h9,11-12,14,19H,3-8,10,16H2,1-2H3. The van der Waals surface area contributed by atoms with E-state index in [-0.39, 0.29) is 5.41 Å². The first-order chi connectivity index (χ1) is 9.13. The van der Waals surface area contributed by atoms with Crippen molar-refractivity contribution in [1.29, 1.82) is 0 Å². The summed E-state index contributed by atoms with van der Waals surface area (Å²) in [5.41, 5.74) is 6.76. The summed E-state index contributed by atoms with van der Waals surface area (Å²) >= 11 is 0. The summed E-state index contributed by atoms with van der Waals surface area (Å²) in [5.74, 6) is 0.823. The number of aliphatic hydroxyl groups excluding tert-OH is 1. The lowest BCUT2D eigenvalue weighted by molar-refractivity contribution is -0.0150. The molecule has 3 N–H and O–H groups in total. The maximum Gasteiger partial charge on any atom is 0.102 e. The monoisotopic (exact) mass is 265 g/mol. The summed E-state index contributed by atoms with van der Waals surface area (Å²) in [7, 11) is 1.93. The van der Waals surface area contributed by atoms with Gasteiger partial charge < -0.3 is 15.4 Å². The number of nitrogens with two attached hydrogens (primary N) is 1. The zero-order chi connectivity index (χ0) is 13.9. The first-order valence-electron chi connectivity index (χ1n) is 7.47. The number of imidazole rings is 1. The molecule has 1 unspecified atom stereocenters. The first kappa shape index (κ1) is 14.5. The third-order valence-electron chi connectivity index (χ3n) is 4.92. The predicted molar refractivity (Wildman–Crippen MR) is 76.5 cm³/mol. The fraction of sp³-hybridized carbons (Fsp3) is 0.800. The topological polar surface area (TPSA) is 64.1 Å². The molecule has 2 rings (SSSR count). The minimum Gasteiger partial charge on any atom is -0.386 e. The third-order valence-corrected chi connectivity index (χ3v) is 4.92. The lowest BCUT2D eigenvalue weighted by Crippen LogP contribution is -2.40. The molecule has 1 aromatic rings. The summed E-state index contributed by atoms with van der Waals surface area (Å²) < 4.78 is 1.90. The van der Waals surface area contributed by atoms with Crippen LogP contribution in [0.1, 0.15) is 57.2 Å². The highest BCUT2D eigenvalue weighted by atomic mass is 16.3. The number of aromatic nitrogens is 2. The van der Waals surface area contributed by atoms with E-state index in [1.54, 1.807) is 12.5 Å². The number of aliphatic hydroxyl groups is 1. The Labute approximate surface area is 116 Å². The summed E-state index contributed by atoms with van der Waals surface area (Å²) in [4.78, 5) is 4.11. The Morgan fingerprint density at radius 3 is 2.68 bits per heavy atom. The smallest absolute Gasteiger partial charge is 0.102 e. The van der Waals surface area contributed by atoms with Gasteiger partial charge in [0.15, 0.2) is 0 Å². The van der Waals surface area contributed by atoms with Gasteiger partial charge in [-0.15, -0.1) is 0 Å². The molecule has 0 aromatic carbocycles. The van der Waals surface area contributed by atoms with E-state index < -0.39 is 6.10 Å². The third kappa shape index (κ3) is 2.84. The molecule has 1 heterocycles. The Bertz CT molecular complexity index is 394. The van der Waals surface area contributed by atoms with Crippen LogP contribution in [-0.4, -0.2) is 21.2 Å². The molecule has 4 nitrogen and oxygen atoms in total. The molecule has 19 heavy (non-hydrogen) atoms. The van der Waals surface area contributed by atoms with Crippen molar-refractivity contribution >= 4 is 0 Å². The van der Waals surface area contributed by atoms with Crippen molar-refractivity contribution in [3.05, 3.63) is 18.2 Å². The van der Waals surface area contributed by atoms with E-state index in [9.17, 15) is 5.11 Å². The molecule has 0 amide bonds. The van der Waals surface area contributed by atoms with Gasteiger partial charge in [0.1, 0.15) is 6.10 Å². The molecule has 0 radical (unpaired) electrons. The van der Waals surface area contributed by atoms with Gasteiger partial charge in [0, 0.05) is 19.0 Å². The number of aryl methyl sites for hydroxylation is 1. The van der Waals surface area contributed by atoms with Gasteiger partial charge in [-0.3, -0.25) is 0 Å². The van der Waals surface area contributed by atoms with Gasteiger partial charge in [-0.05, 0) is 31.6 Å². The first-order valence-corrected chi connectivity index (χ1v) is 7.47. The lowest BCUT2D eigenvalue weighted by atomic mass is 9.66. The Balaban J connectivity index is 2.10. The lowest BCUT2D eigenvalue weighted by Gasteiger charge is -2.42. The SMILES string of the molecule is CCCC1CCC(CN)(C(O)c2cncn2C)CC1. The average Bonchev–Trinajstić information content (AvgIpc) is 2.85. The fourth-order valence-corrected chi connectivity index (χ4v) is 3.48. The van der Waals surface area contributed by atoms with Crippen LogP contribution in [0.5, 0.6) is 0 Å². The summed E-state index contributed by atoms with van der Waals surface area (Å²) in [6, 6.07) is 0. The van der Waals surface area contributed by atoms with E-state index >= 15 is 0 Å². The largest absolute Gasteiger partial charge is 0.386 e. The number of hydrogen-bond donors (Lipinski definition) is 2. The average molecular weight is 265 g/mol. The number of hydrogen-bond acceptors (Lipinski definition) is 3. The molecule has 1 fully saturated rings. The van der Waals surface area contributed by atoms with Crippen LogP contribution in [0.25, 0.3) is 0 Å². The van der Waals surface area contributed by atoms with Crippen molar-refractivity contribution in [3.63, 3.8) is 0 Å².